The fourth-order valence-electron chi connectivity index (χ4n) is 2.65. The summed E-state index contributed by atoms with van der Waals surface area (Å²) in [6.45, 7) is 4.63. The Morgan fingerprint density at radius 3 is 2.25 bits per heavy atom. The molecule has 0 radical (unpaired) electrons. The summed E-state index contributed by atoms with van der Waals surface area (Å²) < 4.78 is 10.9. The maximum absolute atomic E-state index is 12.9. The number of nitro groups is 1. The summed E-state index contributed by atoms with van der Waals surface area (Å²) >= 11 is 0. The largest absolute Gasteiger partial charge is 0.494 e. The van der Waals surface area contributed by atoms with Crippen LogP contribution >= 0.6 is 0 Å². The Labute approximate surface area is 161 Å². The lowest BCUT2D eigenvalue weighted by molar-refractivity contribution is -0.384. The average molecular weight is 381 g/mol. The van der Waals surface area contributed by atoms with Gasteiger partial charge in [0.05, 0.1) is 23.8 Å². The van der Waals surface area contributed by atoms with Gasteiger partial charge in [0.25, 0.3) is 11.6 Å². The molecule has 0 bridgehead atoms. The van der Waals surface area contributed by atoms with Gasteiger partial charge in [-0.25, -0.2) is 0 Å². The van der Waals surface area contributed by atoms with E-state index < -0.39 is 4.92 Å². The van der Waals surface area contributed by atoms with Crippen molar-refractivity contribution in [1.29, 1.82) is 0 Å². The van der Waals surface area contributed by atoms with E-state index >= 15 is 0 Å². The Morgan fingerprint density at radius 1 is 1.04 bits per heavy atom. The lowest BCUT2D eigenvalue weighted by Gasteiger charge is -2.10. The molecular formula is C20H19N3O5. The predicted octanol–water partition coefficient (Wildman–Crippen LogP) is 3.77. The molecule has 144 valence electrons. The molecule has 0 saturated carbocycles. The number of rotatable bonds is 6. The van der Waals surface area contributed by atoms with Crippen LogP contribution in [-0.4, -0.2) is 29.9 Å². The van der Waals surface area contributed by atoms with Gasteiger partial charge >= 0.3 is 0 Å². The predicted molar refractivity (Wildman–Crippen MR) is 105 cm³/mol. The van der Waals surface area contributed by atoms with Gasteiger partial charge in [0, 0.05) is 12.1 Å². The van der Waals surface area contributed by atoms with Crippen molar-refractivity contribution in [1.82, 2.24) is 0 Å². The van der Waals surface area contributed by atoms with Gasteiger partial charge in [0.1, 0.15) is 11.3 Å². The van der Waals surface area contributed by atoms with Crippen molar-refractivity contribution in [3.8, 4) is 5.75 Å². The van der Waals surface area contributed by atoms with E-state index in [0.29, 0.717) is 24.5 Å². The minimum absolute atomic E-state index is 0.0606. The number of anilines is 1. The molecule has 2 aromatic rings. The molecule has 1 aliphatic rings. The van der Waals surface area contributed by atoms with Crippen molar-refractivity contribution in [3.63, 3.8) is 0 Å². The van der Waals surface area contributed by atoms with E-state index in [1.807, 2.05) is 31.2 Å². The number of ether oxygens (including phenoxy) is 2. The van der Waals surface area contributed by atoms with Gasteiger partial charge < -0.3 is 9.47 Å². The number of amides is 1. The second kappa shape index (κ2) is 8.34. The zero-order valence-corrected chi connectivity index (χ0v) is 15.5. The van der Waals surface area contributed by atoms with E-state index in [1.54, 1.807) is 13.0 Å². The first-order valence-corrected chi connectivity index (χ1v) is 8.78. The molecule has 1 aliphatic heterocycles. The summed E-state index contributed by atoms with van der Waals surface area (Å²) in [5.74, 6) is 0.583. The maximum Gasteiger partial charge on any atom is 0.284 e. The summed E-state index contributed by atoms with van der Waals surface area (Å²) in [7, 11) is 0. The molecule has 0 N–H and O–H groups in total. The zero-order chi connectivity index (χ0) is 20.1. The number of non-ortho nitro benzene ring substituents is 1. The summed E-state index contributed by atoms with van der Waals surface area (Å²) in [4.78, 5) is 23.2. The first-order chi connectivity index (χ1) is 13.5. The van der Waals surface area contributed by atoms with Crippen molar-refractivity contribution in [2.24, 2.45) is 5.10 Å². The summed E-state index contributed by atoms with van der Waals surface area (Å²) in [6, 6.07) is 12.9. The Hall–Kier alpha value is -3.68. The van der Waals surface area contributed by atoms with Crippen LogP contribution in [0.5, 0.6) is 5.75 Å². The molecule has 8 heteroatoms. The van der Waals surface area contributed by atoms with Crippen LogP contribution < -0.4 is 9.75 Å². The monoisotopic (exact) mass is 381 g/mol. The van der Waals surface area contributed by atoms with Crippen molar-refractivity contribution < 1.29 is 19.2 Å². The normalized spacial score (nSPS) is 14.9. The molecule has 0 saturated heterocycles. The third-order valence-corrected chi connectivity index (χ3v) is 3.93. The summed E-state index contributed by atoms with van der Waals surface area (Å²) in [5.41, 5.74) is 1.46. The summed E-state index contributed by atoms with van der Waals surface area (Å²) in [5, 5.41) is 16.2. The quantitative estimate of drug-likeness (QED) is 0.431. The third-order valence-electron chi connectivity index (χ3n) is 3.93. The van der Waals surface area contributed by atoms with E-state index in [0.717, 1.165) is 11.3 Å². The highest BCUT2D eigenvalue weighted by atomic mass is 16.6. The maximum atomic E-state index is 12.9. The van der Waals surface area contributed by atoms with Crippen LogP contribution in [0.2, 0.25) is 0 Å². The number of nitrogens with zero attached hydrogens (tertiary/aromatic N) is 3. The van der Waals surface area contributed by atoms with Gasteiger partial charge in [-0.2, -0.15) is 5.01 Å². The second-order valence-electron chi connectivity index (χ2n) is 5.79. The minimum atomic E-state index is -0.498. The molecule has 0 fully saturated rings. The standard InChI is InChI=1S/C20H19N3O5/c1-3-27-17-11-5-14(6-12-17)13-18-19(28-4-2)21-22(20(18)24)15-7-9-16(10-8-15)23(25)26/h5-13H,3-4H2,1-2H3. The van der Waals surface area contributed by atoms with Crippen LogP contribution in [0.4, 0.5) is 11.4 Å². The van der Waals surface area contributed by atoms with Gasteiger partial charge in [-0.3, -0.25) is 14.9 Å². The fraction of sp³-hybridized carbons (Fsp3) is 0.200. The lowest BCUT2D eigenvalue weighted by Crippen LogP contribution is -2.21. The molecule has 8 nitrogen and oxygen atoms in total. The molecule has 28 heavy (non-hydrogen) atoms. The van der Waals surface area contributed by atoms with Crippen LogP contribution in [0, 0.1) is 10.1 Å². The molecule has 3 rings (SSSR count). The molecule has 0 spiro atoms. The Morgan fingerprint density at radius 2 is 1.68 bits per heavy atom. The molecule has 0 atom stereocenters. The third kappa shape index (κ3) is 4.01. The van der Waals surface area contributed by atoms with Crippen LogP contribution in [0.1, 0.15) is 19.4 Å². The van der Waals surface area contributed by atoms with E-state index in [1.165, 1.54) is 29.3 Å². The lowest BCUT2D eigenvalue weighted by atomic mass is 10.1. The van der Waals surface area contributed by atoms with E-state index in [4.69, 9.17) is 9.47 Å². The average Bonchev–Trinajstić information content (AvgIpc) is 3.00. The van der Waals surface area contributed by atoms with Crippen molar-refractivity contribution in [3.05, 3.63) is 69.8 Å². The number of nitro benzene ring substituents is 1. The second-order valence-corrected chi connectivity index (χ2v) is 5.79. The fourth-order valence-corrected chi connectivity index (χ4v) is 2.65. The first kappa shape index (κ1) is 19.1. The number of hydrazone groups is 1. The van der Waals surface area contributed by atoms with Gasteiger partial charge in [0.15, 0.2) is 0 Å². The topological polar surface area (TPSA) is 94.3 Å². The molecule has 0 aliphatic carbocycles. The smallest absolute Gasteiger partial charge is 0.284 e. The molecule has 1 amide bonds. The first-order valence-electron chi connectivity index (χ1n) is 8.78. The highest BCUT2D eigenvalue weighted by Crippen LogP contribution is 2.27. The number of carbonyl (C=O) groups is 1. The number of benzene rings is 2. The molecule has 1 heterocycles. The van der Waals surface area contributed by atoms with Crippen LogP contribution in [0.15, 0.2) is 59.2 Å². The van der Waals surface area contributed by atoms with Crippen LogP contribution in [0.3, 0.4) is 0 Å². The van der Waals surface area contributed by atoms with Gasteiger partial charge in [-0.15, -0.1) is 5.10 Å². The molecule has 0 unspecified atom stereocenters. The van der Waals surface area contributed by atoms with Gasteiger partial charge in [-0.05, 0) is 49.8 Å². The van der Waals surface area contributed by atoms with Crippen LogP contribution in [0.25, 0.3) is 6.08 Å². The van der Waals surface area contributed by atoms with Crippen molar-refractivity contribution in [2.45, 2.75) is 13.8 Å². The SMILES string of the molecule is CCOC1=NN(c2ccc([N+](=O)[O-])cc2)C(=O)C1=Cc1ccc(OCC)cc1. The van der Waals surface area contributed by atoms with Crippen molar-refractivity contribution in [2.75, 3.05) is 18.2 Å². The Kier molecular flexibility index (Phi) is 5.69. The molecule has 0 aromatic heterocycles. The highest BCUT2D eigenvalue weighted by molar-refractivity contribution is 6.30. The number of carbonyl (C=O) groups excluding carboxylic acids is 1. The van der Waals surface area contributed by atoms with E-state index in [9.17, 15) is 14.9 Å². The minimum Gasteiger partial charge on any atom is -0.494 e. The Bertz CT molecular complexity index is 933. The van der Waals surface area contributed by atoms with Crippen molar-refractivity contribution >= 4 is 29.3 Å². The van der Waals surface area contributed by atoms with E-state index in [-0.39, 0.29) is 17.5 Å². The van der Waals surface area contributed by atoms with Gasteiger partial charge in [-0.1, -0.05) is 12.1 Å². The van der Waals surface area contributed by atoms with Crippen LogP contribution in [-0.2, 0) is 9.53 Å². The molecule has 2 aromatic carbocycles. The number of hydrogen-bond acceptors (Lipinski definition) is 6. The Balaban J connectivity index is 1.90. The van der Waals surface area contributed by atoms with Gasteiger partial charge in [0.2, 0.25) is 5.90 Å². The molecular weight excluding hydrogens is 362 g/mol. The summed E-state index contributed by atoms with van der Waals surface area (Å²) in [6.07, 6.45) is 1.69. The number of hydrogen-bond donors (Lipinski definition) is 0. The zero-order valence-electron chi connectivity index (χ0n) is 15.5. The van der Waals surface area contributed by atoms with E-state index in [2.05, 4.69) is 5.10 Å². The highest BCUT2D eigenvalue weighted by Gasteiger charge is 2.32.